The van der Waals surface area contributed by atoms with Crippen LogP contribution in [0.15, 0.2) is 51.4 Å². The molecule has 0 radical (unpaired) electrons. The molecule has 2 nitrogen and oxygen atoms in total. The Morgan fingerprint density at radius 2 is 1.67 bits per heavy atom. The van der Waals surface area contributed by atoms with E-state index in [-0.39, 0.29) is 12.4 Å². The second-order valence-corrected chi connectivity index (χ2v) is 7.34. The summed E-state index contributed by atoms with van der Waals surface area (Å²) in [4.78, 5) is 0. The van der Waals surface area contributed by atoms with E-state index in [1.54, 1.807) is 0 Å². The number of nitrogens with one attached hydrogen (secondary N) is 1. The number of benzene rings is 2. The topological polar surface area (TPSA) is 21.3 Å². The Morgan fingerprint density at radius 3 is 2.25 bits per heavy atom. The third kappa shape index (κ3) is 6.75. The third-order valence-electron chi connectivity index (χ3n) is 3.71. The molecule has 132 valence electrons. The van der Waals surface area contributed by atoms with Gasteiger partial charge in [0.05, 0.1) is 15.6 Å². The quantitative estimate of drug-likeness (QED) is 0.493. The lowest BCUT2D eigenvalue weighted by Crippen LogP contribution is -2.26. The maximum atomic E-state index is 5.62. The Kier molecular flexibility index (Phi) is 9.98. The highest BCUT2D eigenvalue weighted by Gasteiger charge is 2.09. The van der Waals surface area contributed by atoms with Gasteiger partial charge in [0.2, 0.25) is 0 Å². The van der Waals surface area contributed by atoms with Gasteiger partial charge in [0.25, 0.3) is 0 Å². The van der Waals surface area contributed by atoms with Crippen molar-refractivity contribution >= 4 is 44.3 Å². The van der Waals surface area contributed by atoms with E-state index in [0.29, 0.717) is 12.6 Å². The molecule has 1 unspecified atom stereocenters. The summed E-state index contributed by atoms with van der Waals surface area (Å²) in [5, 5.41) is 3.59. The van der Waals surface area contributed by atoms with Crippen molar-refractivity contribution in [3.8, 4) is 5.75 Å². The molecule has 0 heterocycles. The molecule has 24 heavy (non-hydrogen) atoms. The molecule has 0 saturated carbocycles. The van der Waals surface area contributed by atoms with E-state index < -0.39 is 0 Å². The van der Waals surface area contributed by atoms with E-state index in [1.807, 2.05) is 6.92 Å². The zero-order chi connectivity index (χ0) is 16.7. The first kappa shape index (κ1) is 21.5. The van der Waals surface area contributed by atoms with Crippen LogP contribution in [-0.2, 0) is 13.0 Å². The van der Waals surface area contributed by atoms with Gasteiger partial charge in [-0.1, -0.05) is 30.3 Å². The van der Waals surface area contributed by atoms with Crippen LogP contribution < -0.4 is 10.1 Å². The molecule has 2 aromatic carbocycles. The van der Waals surface area contributed by atoms with Crippen molar-refractivity contribution in [3.05, 3.63) is 62.5 Å². The second kappa shape index (κ2) is 11.1. The van der Waals surface area contributed by atoms with Crippen LogP contribution >= 0.6 is 44.3 Å². The number of aryl methyl sites for hydroxylation is 1. The lowest BCUT2D eigenvalue weighted by molar-refractivity contribution is 0.336. The van der Waals surface area contributed by atoms with Gasteiger partial charge in [-0.3, -0.25) is 0 Å². The average molecular weight is 478 g/mol. The number of halogens is 3. The molecular formula is C19H24Br2ClNO. The molecule has 1 atom stereocenters. The molecule has 0 bridgehead atoms. The molecule has 5 heteroatoms. The van der Waals surface area contributed by atoms with Gasteiger partial charge in [0.1, 0.15) is 5.75 Å². The van der Waals surface area contributed by atoms with Gasteiger partial charge in [-0.2, -0.15) is 0 Å². The Morgan fingerprint density at radius 1 is 1.04 bits per heavy atom. The van der Waals surface area contributed by atoms with Crippen molar-refractivity contribution in [1.82, 2.24) is 5.32 Å². The SMILES string of the molecule is CCOc1c(Br)cc(CNC(C)CCc2ccccc2)cc1Br.Cl. The van der Waals surface area contributed by atoms with Gasteiger partial charge < -0.3 is 10.1 Å². The molecule has 0 saturated heterocycles. The third-order valence-corrected chi connectivity index (χ3v) is 4.89. The molecule has 2 aromatic rings. The van der Waals surface area contributed by atoms with Crippen LogP contribution in [0.1, 0.15) is 31.4 Å². The Balaban J connectivity index is 0.00000288. The fraction of sp³-hybridized carbons (Fsp3) is 0.368. The van der Waals surface area contributed by atoms with Gasteiger partial charge in [0.15, 0.2) is 0 Å². The minimum Gasteiger partial charge on any atom is -0.492 e. The number of rotatable bonds is 8. The van der Waals surface area contributed by atoms with Crippen molar-refractivity contribution in [2.75, 3.05) is 6.61 Å². The molecule has 0 amide bonds. The lowest BCUT2D eigenvalue weighted by Gasteiger charge is -2.15. The Bertz CT molecular complexity index is 599. The van der Waals surface area contributed by atoms with Gasteiger partial charge >= 0.3 is 0 Å². The number of ether oxygens (including phenoxy) is 1. The Hall–Kier alpha value is -0.550. The molecule has 0 aliphatic rings. The van der Waals surface area contributed by atoms with Gasteiger partial charge in [-0.25, -0.2) is 0 Å². The van der Waals surface area contributed by atoms with Gasteiger partial charge in [-0.05, 0) is 81.8 Å². The maximum Gasteiger partial charge on any atom is 0.147 e. The van der Waals surface area contributed by atoms with Crippen LogP contribution in [0.5, 0.6) is 5.75 Å². The van der Waals surface area contributed by atoms with E-state index in [0.717, 1.165) is 34.1 Å². The molecule has 0 aromatic heterocycles. The number of hydrogen-bond acceptors (Lipinski definition) is 2. The van der Waals surface area contributed by atoms with E-state index >= 15 is 0 Å². The Labute approximate surface area is 168 Å². The van der Waals surface area contributed by atoms with Crippen LogP contribution in [0.2, 0.25) is 0 Å². The maximum absolute atomic E-state index is 5.62. The summed E-state index contributed by atoms with van der Waals surface area (Å²) in [6.45, 7) is 5.73. The molecule has 1 N–H and O–H groups in total. The lowest BCUT2D eigenvalue weighted by atomic mass is 10.1. The van der Waals surface area contributed by atoms with Crippen LogP contribution in [0.25, 0.3) is 0 Å². The minimum absolute atomic E-state index is 0. The molecule has 0 aliphatic heterocycles. The standard InChI is InChI=1S/C19H23Br2NO.ClH/c1-3-23-19-17(20)11-16(12-18(19)21)13-22-14(2)9-10-15-7-5-4-6-8-15;/h4-8,11-12,14,22H,3,9-10,13H2,1-2H3;1H. The first-order chi connectivity index (χ1) is 11.1. The summed E-state index contributed by atoms with van der Waals surface area (Å²) in [7, 11) is 0. The fourth-order valence-electron chi connectivity index (χ4n) is 2.42. The van der Waals surface area contributed by atoms with Crippen LogP contribution in [0, 0.1) is 0 Å². The van der Waals surface area contributed by atoms with E-state index in [2.05, 4.69) is 86.6 Å². The average Bonchev–Trinajstić information content (AvgIpc) is 2.55. The predicted octanol–water partition coefficient (Wildman–Crippen LogP) is 6.14. The summed E-state index contributed by atoms with van der Waals surface area (Å²) < 4.78 is 7.60. The van der Waals surface area contributed by atoms with E-state index in [9.17, 15) is 0 Å². The summed E-state index contributed by atoms with van der Waals surface area (Å²) in [5.41, 5.74) is 2.63. The predicted molar refractivity (Wildman–Crippen MR) is 111 cm³/mol. The largest absolute Gasteiger partial charge is 0.492 e. The van der Waals surface area contributed by atoms with Crippen LogP contribution in [-0.4, -0.2) is 12.6 Å². The number of hydrogen-bond donors (Lipinski definition) is 1. The highest BCUT2D eigenvalue weighted by Crippen LogP contribution is 2.34. The first-order valence-electron chi connectivity index (χ1n) is 7.98. The summed E-state index contributed by atoms with van der Waals surface area (Å²) in [6.07, 6.45) is 2.23. The summed E-state index contributed by atoms with van der Waals surface area (Å²) in [5.74, 6) is 0.869. The molecule has 0 spiro atoms. The fourth-order valence-corrected chi connectivity index (χ4v) is 3.93. The molecular weight excluding hydrogens is 453 g/mol. The van der Waals surface area contributed by atoms with Crippen LogP contribution in [0.4, 0.5) is 0 Å². The van der Waals surface area contributed by atoms with Crippen molar-refractivity contribution in [2.24, 2.45) is 0 Å². The monoisotopic (exact) mass is 475 g/mol. The van der Waals surface area contributed by atoms with E-state index in [1.165, 1.54) is 11.1 Å². The molecule has 2 rings (SSSR count). The second-order valence-electron chi connectivity index (χ2n) is 5.63. The molecule has 0 aliphatic carbocycles. The van der Waals surface area contributed by atoms with Crippen molar-refractivity contribution in [3.63, 3.8) is 0 Å². The zero-order valence-corrected chi connectivity index (χ0v) is 18.0. The smallest absolute Gasteiger partial charge is 0.147 e. The highest BCUT2D eigenvalue weighted by molar-refractivity contribution is 9.11. The normalized spacial score (nSPS) is 11.7. The first-order valence-corrected chi connectivity index (χ1v) is 9.56. The van der Waals surface area contributed by atoms with Crippen molar-refractivity contribution in [1.29, 1.82) is 0 Å². The van der Waals surface area contributed by atoms with Gasteiger partial charge in [-0.15, -0.1) is 12.4 Å². The summed E-state index contributed by atoms with van der Waals surface area (Å²) >= 11 is 7.17. The summed E-state index contributed by atoms with van der Waals surface area (Å²) in [6, 6.07) is 15.3. The van der Waals surface area contributed by atoms with Gasteiger partial charge in [0, 0.05) is 12.6 Å². The zero-order valence-electron chi connectivity index (χ0n) is 14.0. The van der Waals surface area contributed by atoms with E-state index in [4.69, 9.17) is 4.74 Å². The highest BCUT2D eigenvalue weighted by atomic mass is 79.9. The minimum atomic E-state index is 0. The van der Waals surface area contributed by atoms with Crippen molar-refractivity contribution < 1.29 is 4.74 Å². The molecule has 0 fully saturated rings. The van der Waals surface area contributed by atoms with Crippen molar-refractivity contribution in [2.45, 2.75) is 39.3 Å². The van der Waals surface area contributed by atoms with Crippen LogP contribution in [0.3, 0.4) is 0 Å².